The van der Waals surface area contributed by atoms with Gasteiger partial charge in [0.25, 0.3) is 0 Å². The summed E-state index contributed by atoms with van der Waals surface area (Å²) in [5, 5.41) is 23.9. The van der Waals surface area contributed by atoms with Crippen LogP contribution >= 0.6 is 0 Å². The van der Waals surface area contributed by atoms with E-state index >= 15 is 0 Å². The maximum absolute atomic E-state index is 11.9. The lowest BCUT2D eigenvalue weighted by Gasteiger charge is -2.54. The second-order valence-electron chi connectivity index (χ2n) is 10.2. The van der Waals surface area contributed by atoms with Crippen molar-refractivity contribution in [2.75, 3.05) is 19.8 Å². The SMILES string of the molecule is CCOC[C@]1(O)CCC2C3CCC4=COCCC4=C3[C@@H](c3ccc(C=NO)cc3)C[C@@]21C. The first-order valence-corrected chi connectivity index (χ1v) is 12.1. The van der Waals surface area contributed by atoms with Gasteiger partial charge in [0.05, 0.1) is 31.3 Å². The van der Waals surface area contributed by atoms with Gasteiger partial charge in [-0.1, -0.05) is 41.9 Å². The Hall–Kier alpha value is -2.11. The number of benzene rings is 1. The Bertz CT molecular complexity index is 949. The summed E-state index contributed by atoms with van der Waals surface area (Å²) in [6, 6.07) is 8.39. The van der Waals surface area contributed by atoms with E-state index in [1.54, 1.807) is 5.57 Å². The lowest BCUT2D eigenvalue weighted by Crippen LogP contribution is -2.53. The Kier molecular flexibility index (Phi) is 5.67. The summed E-state index contributed by atoms with van der Waals surface area (Å²) in [6.07, 6.45) is 9.45. The topological polar surface area (TPSA) is 71.3 Å². The van der Waals surface area contributed by atoms with Crippen LogP contribution in [0.1, 0.15) is 69.4 Å². The summed E-state index contributed by atoms with van der Waals surface area (Å²) in [7, 11) is 0. The normalized spacial score (nSPS) is 36.3. The van der Waals surface area contributed by atoms with Crippen LogP contribution in [0.15, 0.2) is 52.4 Å². The highest BCUT2D eigenvalue weighted by Crippen LogP contribution is 2.66. The van der Waals surface area contributed by atoms with E-state index in [0.717, 1.165) is 50.7 Å². The number of allylic oxidation sites excluding steroid dienone is 2. The van der Waals surface area contributed by atoms with Gasteiger partial charge in [-0.3, -0.25) is 0 Å². The van der Waals surface area contributed by atoms with Gasteiger partial charge in [0.1, 0.15) is 0 Å². The van der Waals surface area contributed by atoms with Crippen LogP contribution < -0.4 is 0 Å². The van der Waals surface area contributed by atoms with Gasteiger partial charge >= 0.3 is 0 Å². The van der Waals surface area contributed by atoms with Gasteiger partial charge in [-0.2, -0.15) is 0 Å². The van der Waals surface area contributed by atoms with Crippen molar-refractivity contribution in [1.82, 2.24) is 0 Å². The third-order valence-corrected chi connectivity index (χ3v) is 8.89. The molecule has 4 aliphatic rings. The first kappa shape index (κ1) is 21.7. The molecule has 0 bridgehead atoms. The van der Waals surface area contributed by atoms with Crippen molar-refractivity contribution in [3.63, 3.8) is 0 Å². The van der Waals surface area contributed by atoms with Gasteiger partial charge in [-0.05, 0) is 73.1 Å². The molecule has 1 aromatic rings. The van der Waals surface area contributed by atoms with Crippen LogP contribution in [0.5, 0.6) is 0 Å². The molecule has 0 amide bonds. The molecule has 5 rings (SSSR count). The number of hydrogen-bond acceptors (Lipinski definition) is 5. The largest absolute Gasteiger partial charge is 0.501 e. The Labute approximate surface area is 190 Å². The molecule has 3 aliphatic carbocycles. The maximum Gasteiger partial charge on any atom is 0.0936 e. The Balaban J connectivity index is 1.61. The van der Waals surface area contributed by atoms with E-state index in [1.807, 2.05) is 25.3 Å². The summed E-state index contributed by atoms with van der Waals surface area (Å²) >= 11 is 0. The number of hydrogen-bond donors (Lipinski definition) is 2. The second-order valence-corrected chi connectivity index (χ2v) is 10.2. The second kappa shape index (κ2) is 8.35. The van der Waals surface area contributed by atoms with Crippen LogP contribution in [-0.4, -0.2) is 42.0 Å². The first-order chi connectivity index (χ1) is 15.5. The predicted molar refractivity (Wildman–Crippen MR) is 124 cm³/mol. The molecule has 5 nitrogen and oxygen atoms in total. The Morgan fingerprint density at radius 2 is 2.03 bits per heavy atom. The fourth-order valence-electron chi connectivity index (χ4n) is 7.22. The van der Waals surface area contributed by atoms with E-state index < -0.39 is 5.60 Å². The average molecular weight is 438 g/mol. The van der Waals surface area contributed by atoms with Crippen molar-refractivity contribution in [2.24, 2.45) is 22.4 Å². The molecule has 5 atom stereocenters. The molecule has 0 aromatic heterocycles. The Morgan fingerprint density at radius 1 is 1.22 bits per heavy atom. The predicted octanol–water partition coefficient (Wildman–Crippen LogP) is 5.18. The van der Waals surface area contributed by atoms with Crippen LogP contribution in [0, 0.1) is 17.3 Å². The lowest BCUT2D eigenvalue weighted by molar-refractivity contribution is -0.133. The monoisotopic (exact) mass is 437 g/mol. The molecule has 1 aliphatic heterocycles. The molecule has 1 heterocycles. The van der Waals surface area contributed by atoms with Crippen molar-refractivity contribution in [1.29, 1.82) is 0 Å². The minimum absolute atomic E-state index is 0.181. The molecular formula is C27H35NO4. The van der Waals surface area contributed by atoms with E-state index in [1.165, 1.54) is 22.9 Å². The van der Waals surface area contributed by atoms with E-state index in [-0.39, 0.29) is 11.3 Å². The van der Waals surface area contributed by atoms with Crippen molar-refractivity contribution in [2.45, 2.75) is 63.9 Å². The zero-order chi connectivity index (χ0) is 22.3. The van der Waals surface area contributed by atoms with E-state index in [9.17, 15) is 5.11 Å². The quantitative estimate of drug-likeness (QED) is 0.378. The number of ether oxygens (including phenoxy) is 2. The molecule has 2 fully saturated rings. The summed E-state index contributed by atoms with van der Waals surface area (Å²) in [4.78, 5) is 0. The number of oxime groups is 1. The maximum atomic E-state index is 11.9. The molecule has 2 unspecified atom stereocenters. The highest BCUT2D eigenvalue weighted by Gasteiger charge is 2.62. The fraction of sp³-hybridized carbons (Fsp3) is 0.593. The third-order valence-electron chi connectivity index (χ3n) is 8.89. The van der Waals surface area contributed by atoms with Gasteiger partial charge in [0.2, 0.25) is 0 Å². The van der Waals surface area contributed by atoms with Crippen molar-refractivity contribution in [3.05, 3.63) is 58.4 Å². The molecule has 2 N–H and O–H groups in total. The number of nitrogens with zero attached hydrogens (tertiary/aromatic N) is 1. The number of aliphatic hydroxyl groups is 1. The van der Waals surface area contributed by atoms with Crippen LogP contribution in [-0.2, 0) is 9.47 Å². The highest BCUT2D eigenvalue weighted by molar-refractivity contribution is 5.79. The fourth-order valence-corrected chi connectivity index (χ4v) is 7.22. The van der Waals surface area contributed by atoms with Gasteiger partial charge in [0, 0.05) is 24.4 Å². The van der Waals surface area contributed by atoms with E-state index in [0.29, 0.717) is 25.0 Å². The van der Waals surface area contributed by atoms with E-state index in [2.05, 4.69) is 24.2 Å². The van der Waals surface area contributed by atoms with E-state index in [4.69, 9.17) is 14.7 Å². The molecule has 0 saturated heterocycles. The summed E-state index contributed by atoms with van der Waals surface area (Å²) in [5.41, 5.74) is 5.69. The standard InChI is InChI=1S/C27H35NO4/c1-3-31-17-27(29)12-10-24-22-9-8-20-16-32-13-11-21(20)25(22)23(14-26(24,27)2)19-6-4-18(5-7-19)15-28-30/h4-7,15-16,22-24,29-30H,3,8-14,17H2,1-2H3/t22?,23-,24?,26+,27-/m1/s1. The molecule has 0 spiro atoms. The number of rotatable bonds is 5. The highest BCUT2D eigenvalue weighted by atomic mass is 16.5. The van der Waals surface area contributed by atoms with Gasteiger partial charge < -0.3 is 19.8 Å². The molecule has 0 radical (unpaired) electrons. The zero-order valence-electron chi connectivity index (χ0n) is 19.2. The number of fused-ring (bicyclic) bond motifs is 4. The van der Waals surface area contributed by atoms with Crippen LogP contribution in [0.25, 0.3) is 0 Å². The van der Waals surface area contributed by atoms with Crippen LogP contribution in [0.4, 0.5) is 0 Å². The molecule has 5 heteroatoms. The molecule has 32 heavy (non-hydrogen) atoms. The molecular weight excluding hydrogens is 402 g/mol. The summed E-state index contributed by atoms with van der Waals surface area (Å²) < 4.78 is 11.5. The smallest absolute Gasteiger partial charge is 0.0936 e. The summed E-state index contributed by atoms with van der Waals surface area (Å²) in [6.45, 7) is 6.13. The first-order valence-electron chi connectivity index (χ1n) is 12.1. The van der Waals surface area contributed by atoms with Crippen LogP contribution in [0.3, 0.4) is 0 Å². The zero-order valence-corrected chi connectivity index (χ0v) is 19.2. The molecule has 1 aromatic carbocycles. The van der Waals surface area contributed by atoms with Gasteiger partial charge in [0.15, 0.2) is 0 Å². The van der Waals surface area contributed by atoms with Crippen molar-refractivity contribution in [3.8, 4) is 0 Å². The average Bonchev–Trinajstić information content (AvgIpc) is 3.08. The molecule has 2 saturated carbocycles. The minimum Gasteiger partial charge on any atom is -0.501 e. The third kappa shape index (κ3) is 3.32. The van der Waals surface area contributed by atoms with Crippen molar-refractivity contribution < 1.29 is 19.8 Å². The van der Waals surface area contributed by atoms with Gasteiger partial charge in [-0.25, -0.2) is 0 Å². The molecule has 172 valence electrons. The van der Waals surface area contributed by atoms with Crippen LogP contribution in [0.2, 0.25) is 0 Å². The van der Waals surface area contributed by atoms with Gasteiger partial charge in [-0.15, -0.1) is 0 Å². The summed E-state index contributed by atoms with van der Waals surface area (Å²) in [5.74, 6) is 1.25. The Morgan fingerprint density at radius 3 is 2.78 bits per heavy atom. The lowest BCUT2D eigenvalue weighted by atomic mass is 9.51. The van der Waals surface area contributed by atoms with Crippen molar-refractivity contribution >= 4 is 6.21 Å². The minimum atomic E-state index is -0.780.